The summed E-state index contributed by atoms with van der Waals surface area (Å²) in [6.45, 7) is -0.246. The predicted octanol–water partition coefficient (Wildman–Crippen LogP) is 4.97. The molecule has 7 nitrogen and oxygen atoms in total. The lowest BCUT2D eigenvalue weighted by Gasteiger charge is -2.36. The summed E-state index contributed by atoms with van der Waals surface area (Å²) in [4.78, 5) is 28.3. The minimum Gasteiger partial charge on any atom is -0.505 e. The monoisotopic (exact) mass is 571 g/mol. The summed E-state index contributed by atoms with van der Waals surface area (Å²) in [7, 11) is 1.53. The summed E-state index contributed by atoms with van der Waals surface area (Å²) >= 11 is 0. The summed E-state index contributed by atoms with van der Waals surface area (Å²) in [6.07, 6.45) is 1.69. The van der Waals surface area contributed by atoms with Gasteiger partial charge in [0.2, 0.25) is 11.8 Å². The molecule has 0 spiro atoms. The summed E-state index contributed by atoms with van der Waals surface area (Å²) < 4.78 is 19.5. The number of carbonyl (C=O) groups excluding carboxylic acids is 2. The molecule has 1 heterocycles. The molecule has 1 aliphatic carbocycles. The molecular formula is C34H34FNO6. The molecule has 0 unspecified atom stereocenters. The molecule has 3 aromatic rings. The van der Waals surface area contributed by atoms with Crippen LogP contribution < -0.4 is 4.90 Å². The van der Waals surface area contributed by atoms with Gasteiger partial charge in [0.05, 0.1) is 36.8 Å². The third-order valence-corrected chi connectivity index (χ3v) is 8.22. The number of aromatic hydroxyl groups is 1. The van der Waals surface area contributed by atoms with Crippen molar-refractivity contribution in [2.24, 2.45) is 17.8 Å². The van der Waals surface area contributed by atoms with E-state index in [1.54, 1.807) is 36.4 Å². The number of allylic oxidation sites excluding steroid dienone is 1. The number of hydrogen-bond donors (Lipinski definition) is 3. The van der Waals surface area contributed by atoms with Crippen molar-refractivity contribution in [3.05, 3.63) is 107 Å². The van der Waals surface area contributed by atoms with Crippen LogP contribution in [0.4, 0.5) is 10.1 Å². The highest BCUT2D eigenvalue weighted by Gasteiger charge is 2.55. The van der Waals surface area contributed by atoms with Gasteiger partial charge in [0.25, 0.3) is 0 Å². The van der Waals surface area contributed by atoms with Crippen LogP contribution in [0.2, 0.25) is 0 Å². The van der Waals surface area contributed by atoms with Gasteiger partial charge in [0.15, 0.2) is 11.6 Å². The highest BCUT2D eigenvalue weighted by Crippen LogP contribution is 2.47. The number of hydrogen-bond acceptors (Lipinski definition) is 6. The molecule has 1 fully saturated rings. The fourth-order valence-corrected chi connectivity index (χ4v) is 6.31. The quantitative estimate of drug-likeness (QED) is 0.180. The number of amides is 2. The maximum Gasteiger partial charge on any atom is 0.238 e. The third kappa shape index (κ3) is 5.79. The van der Waals surface area contributed by atoms with Gasteiger partial charge in [-0.3, -0.25) is 14.5 Å². The number of phenolic OH excluding ortho intramolecular Hbond substituents is 1. The number of carbonyl (C=O) groups is 2. The Morgan fingerprint density at radius 3 is 2.38 bits per heavy atom. The van der Waals surface area contributed by atoms with Gasteiger partial charge in [-0.15, -0.1) is 0 Å². The Morgan fingerprint density at radius 1 is 1.05 bits per heavy atom. The van der Waals surface area contributed by atoms with Crippen LogP contribution >= 0.6 is 0 Å². The molecule has 3 aromatic carbocycles. The molecule has 0 bridgehead atoms. The fourth-order valence-electron chi connectivity index (χ4n) is 6.31. The fraction of sp³-hybridized carbons (Fsp3) is 0.294. The zero-order valence-corrected chi connectivity index (χ0v) is 23.3. The first-order chi connectivity index (χ1) is 20.3. The molecule has 0 saturated carbocycles. The Kier molecular flexibility index (Phi) is 8.97. The Balaban J connectivity index is 1.45. The summed E-state index contributed by atoms with van der Waals surface area (Å²) in [5, 5.41) is 31.8. The van der Waals surface area contributed by atoms with Crippen LogP contribution in [0.5, 0.6) is 5.75 Å². The van der Waals surface area contributed by atoms with Crippen molar-refractivity contribution in [1.82, 2.24) is 0 Å². The summed E-state index contributed by atoms with van der Waals surface area (Å²) in [5.74, 6) is -4.05. The molecule has 218 valence electrons. The van der Waals surface area contributed by atoms with Crippen molar-refractivity contribution < 1.29 is 34.0 Å². The molecule has 8 heteroatoms. The Morgan fingerprint density at radius 2 is 1.74 bits per heavy atom. The number of rotatable bonds is 10. The minimum absolute atomic E-state index is 0.160. The van der Waals surface area contributed by atoms with Gasteiger partial charge in [-0.1, -0.05) is 60.7 Å². The first-order valence-electron chi connectivity index (χ1n) is 14.0. The van der Waals surface area contributed by atoms with E-state index in [9.17, 15) is 29.3 Å². The Bertz CT molecular complexity index is 1500. The molecular weight excluding hydrogens is 537 g/mol. The average Bonchev–Trinajstić information content (AvgIpc) is 3.26. The van der Waals surface area contributed by atoms with E-state index in [0.717, 1.165) is 11.1 Å². The van der Waals surface area contributed by atoms with Crippen LogP contribution in [0, 0.1) is 23.6 Å². The van der Waals surface area contributed by atoms with E-state index in [1.807, 2.05) is 36.4 Å². The van der Waals surface area contributed by atoms with Crippen LogP contribution in [0.25, 0.3) is 11.6 Å². The van der Waals surface area contributed by atoms with Crippen LogP contribution in [-0.2, 0) is 14.3 Å². The maximum absolute atomic E-state index is 14.1. The van der Waals surface area contributed by atoms with Crippen LogP contribution in [0.1, 0.15) is 30.4 Å². The lowest BCUT2D eigenvalue weighted by atomic mass is 9.68. The second kappa shape index (κ2) is 12.8. The van der Waals surface area contributed by atoms with Crippen LogP contribution in [-0.4, -0.2) is 53.6 Å². The molecule has 0 aromatic heterocycles. The molecule has 5 rings (SSSR count). The van der Waals surface area contributed by atoms with Gasteiger partial charge < -0.3 is 20.1 Å². The van der Waals surface area contributed by atoms with Gasteiger partial charge in [0, 0.05) is 13.0 Å². The summed E-state index contributed by atoms with van der Waals surface area (Å²) in [5.41, 5.74) is 4.03. The smallest absolute Gasteiger partial charge is 0.238 e. The van der Waals surface area contributed by atoms with E-state index in [-0.39, 0.29) is 31.3 Å². The van der Waals surface area contributed by atoms with Gasteiger partial charge in [-0.25, -0.2) is 4.39 Å². The van der Waals surface area contributed by atoms with Crippen molar-refractivity contribution in [2.75, 3.05) is 25.2 Å². The van der Waals surface area contributed by atoms with E-state index >= 15 is 0 Å². The molecule has 4 atom stereocenters. The van der Waals surface area contributed by atoms with E-state index in [2.05, 4.69) is 0 Å². The average molecular weight is 572 g/mol. The minimum atomic E-state index is -1.02. The first kappa shape index (κ1) is 29.4. The Labute approximate surface area is 244 Å². The number of halogens is 1. The van der Waals surface area contributed by atoms with Crippen LogP contribution in [0.15, 0.2) is 90.0 Å². The number of para-hydroxylation sites is 1. The number of anilines is 1. The number of methoxy groups -OCH3 is 1. The van der Waals surface area contributed by atoms with Gasteiger partial charge >= 0.3 is 0 Å². The molecule has 42 heavy (non-hydrogen) atoms. The lowest BCUT2D eigenvalue weighted by molar-refractivity contribution is -0.123. The van der Waals surface area contributed by atoms with Crippen molar-refractivity contribution in [2.45, 2.75) is 25.4 Å². The number of fused-ring (bicyclic) bond motifs is 1. The Hall–Kier alpha value is -4.11. The van der Waals surface area contributed by atoms with E-state index in [4.69, 9.17) is 4.74 Å². The molecule has 0 radical (unpaired) electrons. The number of nitrogens with zero attached hydrogens (tertiary/aromatic N) is 1. The topological polar surface area (TPSA) is 107 Å². The molecule has 1 saturated heterocycles. The maximum atomic E-state index is 14.1. The molecule has 3 N–H and O–H groups in total. The highest BCUT2D eigenvalue weighted by molar-refractivity contribution is 6.22. The number of imide groups is 1. The van der Waals surface area contributed by atoms with Crippen LogP contribution in [0.3, 0.4) is 0 Å². The molecule has 2 amide bonds. The highest BCUT2D eigenvalue weighted by atomic mass is 19.1. The van der Waals surface area contributed by atoms with Crippen molar-refractivity contribution >= 4 is 29.2 Å². The van der Waals surface area contributed by atoms with Crippen molar-refractivity contribution in [3.8, 4) is 5.75 Å². The predicted molar refractivity (Wildman–Crippen MR) is 158 cm³/mol. The number of aliphatic hydroxyl groups is 2. The molecule has 2 aliphatic rings. The zero-order chi connectivity index (χ0) is 29.8. The zero-order valence-electron chi connectivity index (χ0n) is 23.3. The normalized spacial score (nSPS) is 21.6. The van der Waals surface area contributed by atoms with Gasteiger partial charge in [-0.2, -0.15) is 0 Å². The van der Waals surface area contributed by atoms with Crippen molar-refractivity contribution in [3.63, 3.8) is 0 Å². The standard InChI is InChI=1S/C34H34FNO6/c1-42-20-24-18-26-32(34(41)36(33(26)40)25-10-6-3-7-11-25)27(19-37)31(24)30(39)15-13-23(22-8-4-2-5-9-22)16-21-12-14-29(38)28(35)17-21/h2-12,14,16-17,26-27,30,32,37-39H,13,15,18-20H2,1H3/b23-16-/t26-,27+,30-,32-/m1/s1. The number of phenols is 1. The summed E-state index contributed by atoms with van der Waals surface area (Å²) in [6, 6.07) is 22.4. The number of benzene rings is 3. The first-order valence-corrected chi connectivity index (χ1v) is 14.0. The van der Waals surface area contributed by atoms with Gasteiger partial charge in [0.1, 0.15) is 0 Å². The largest absolute Gasteiger partial charge is 0.505 e. The van der Waals surface area contributed by atoms with E-state index < -0.39 is 42.0 Å². The SMILES string of the molecule is COCC1=C([C@H](O)CC/C(=C/c2ccc(O)c(F)c2)c2ccccc2)[C@H](CO)[C@@H]2C(=O)N(c3ccccc3)C(=O)[C@@H]2C1. The lowest BCUT2D eigenvalue weighted by Crippen LogP contribution is -2.39. The third-order valence-electron chi connectivity index (χ3n) is 8.22. The van der Waals surface area contributed by atoms with E-state index in [0.29, 0.717) is 28.8 Å². The van der Waals surface area contributed by atoms with Gasteiger partial charge in [-0.05, 0) is 71.4 Å². The number of aliphatic hydroxyl groups excluding tert-OH is 2. The second-order valence-corrected chi connectivity index (χ2v) is 10.8. The molecule has 1 aliphatic heterocycles. The van der Waals surface area contributed by atoms with Crippen molar-refractivity contribution in [1.29, 1.82) is 0 Å². The number of ether oxygens (including phenoxy) is 1. The second-order valence-electron chi connectivity index (χ2n) is 10.8. The van der Waals surface area contributed by atoms with E-state index in [1.165, 1.54) is 24.1 Å².